The Hall–Kier alpha value is -1.05. The molecule has 0 aromatic carbocycles. The molecule has 2 heterocycles. The summed E-state index contributed by atoms with van der Waals surface area (Å²) < 4.78 is 60.4. The van der Waals surface area contributed by atoms with Crippen LogP contribution in [0.25, 0.3) is 0 Å². The molecule has 0 aliphatic carbocycles. The van der Waals surface area contributed by atoms with Crippen LogP contribution in [-0.2, 0) is 16.4 Å². The van der Waals surface area contributed by atoms with Crippen molar-refractivity contribution >= 4 is 9.84 Å². The van der Waals surface area contributed by atoms with Gasteiger partial charge in [-0.25, -0.2) is 12.8 Å². The van der Waals surface area contributed by atoms with Crippen molar-refractivity contribution in [2.24, 2.45) is 0 Å². The van der Waals surface area contributed by atoms with Gasteiger partial charge in [-0.3, -0.25) is 4.68 Å². The monoisotopic (exact) mass is 240 g/mol. The van der Waals surface area contributed by atoms with Crippen molar-refractivity contribution in [2.45, 2.75) is 29.9 Å². The summed E-state index contributed by atoms with van der Waals surface area (Å²) in [6, 6.07) is 0.874. The van der Waals surface area contributed by atoms with E-state index in [1.807, 2.05) is 0 Å². The molecule has 1 atom stereocenters. The fourth-order valence-corrected chi connectivity index (χ4v) is 2.13. The molecule has 0 fully saturated rings. The van der Waals surface area contributed by atoms with Crippen LogP contribution in [0, 0.1) is 0 Å². The lowest BCUT2D eigenvalue weighted by Crippen LogP contribution is -2.12. The third kappa shape index (κ3) is 1.52. The number of hydrogen-bond acceptors (Lipinski definition) is 3. The van der Waals surface area contributed by atoms with Crippen molar-refractivity contribution in [3.63, 3.8) is 0 Å². The summed E-state index contributed by atoms with van der Waals surface area (Å²) in [6.07, 6.45) is -1.11. The maximum absolute atomic E-state index is 13.1. The Morgan fingerprint density at radius 3 is 2.73 bits per heavy atom. The molecule has 0 spiro atoms. The van der Waals surface area contributed by atoms with Crippen LogP contribution in [0.5, 0.6) is 0 Å². The summed E-state index contributed by atoms with van der Waals surface area (Å²) in [6.45, 7) is 0.218. The highest BCUT2D eigenvalue weighted by Crippen LogP contribution is 2.31. The summed E-state index contributed by atoms with van der Waals surface area (Å²) in [5, 5.41) is 2.69. The van der Waals surface area contributed by atoms with Crippen LogP contribution < -0.4 is 0 Å². The topological polar surface area (TPSA) is 52.0 Å². The third-order valence-corrected chi connectivity index (χ3v) is 3.48. The van der Waals surface area contributed by atoms with Crippen LogP contribution in [0.2, 0.25) is 0 Å². The summed E-state index contributed by atoms with van der Waals surface area (Å²) in [5.41, 5.74) is 0.0502. The summed E-state index contributed by atoms with van der Waals surface area (Å²) in [5.74, 6) is -3.52. The van der Waals surface area contributed by atoms with Crippen molar-refractivity contribution in [3.8, 4) is 0 Å². The van der Waals surface area contributed by atoms with Crippen molar-refractivity contribution in [3.05, 3.63) is 11.8 Å². The lowest BCUT2D eigenvalue weighted by molar-refractivity contribution is 0.234. The van der Waals surface area contributed by atoms with Crippen LogP contribution in [0.1, 0.15) is 18.3 Å². The molecule has 0 saturated heterocycles. The molecule has 1 aliphatic heterocycles. The van der Waals surface area contributed by atoms with Gasteiger partial charge in [0.25, 0.3) is 9.84 Å². The Balaban J connectivity index is 2.46. The molecule has 0 saturated carbocycles. The van der Waals surface area contributed by atoms with Crippen LogP contribution in [-0.4, -0.2) is 24.0 Å². The highest BCUT2D eigenvalue weighted by molar-refractivity contribution is 7.91. The van der Waals surface area contributed by atoms with Gasteiger partial charge in [0.05, 0.1) is 5.69 Å². The Kier molecular flexibility index (Phi) is 2.25. The predicted octanol–water partition coefficient (Wildman–Crippen LogP) is 1.29. The van der Waals surface area contributed by atoms with Gasteiger partial charge in [0.2, 0.25) is 0 Å². The average Bonchev–Trinajstić information content (AvgIpc) is 2.68. The molecule has 84 valence electrons. The maximum atomic E-state index is 13.1. The molecule has 1 aromatic heterocycles. The second kappa shape index (κ2) is 3.22. The minimum absolute atomic E-state index is 0.0502. The lowest BCUT2D eigenvalue weighted by atomic mass is 10.3. The average molecular weight is 240 g/mol. The molecule has 0 N–H and O–H groups in total. The van der Waals surface area contributed by atoms with E-state index < -0.39 is 26.8 Å². The standard InChI is InChI=1S/C7H7F3N2O2S/c8-4-1-2-12-5(4)3-6(11-12)15(13,14)7(9)10/h3-4,7H,1-2H2/t4-/m1/s1. The molecule has 0 bridgehead atoms. The van der Waals surface area contributed by atoms with Crippen LogP contribution >= 0.6 is 0 Å². The minimum Gasteiger partial charge on any atom is -0.265 e. The van der Waals surface area contributed by atoms with E-state index in [-0.39, 0.29) is 18.7 Å². The second-order valence-corrected chi connectivity index (χ2v) is 5.06. The molecule has 0 amide bonds. The third-order valence-electron chi connectivity index (χ3n) is 2.23. The molecule has 15 heavy (non-hydrogen) atoms. The van der Waals surface area contributed by atoms with E-state index in [2.05, 4.69) is 5.10 Å². The van der Waals surface area contributed by atoms with E-state index in [0.29, 0.717) is 0 Å². The van der Waals surface area contributed by atoms with Gasteiger partial charge < -0.3 is 0 Å². The molecule has 1 aromatic rings. The van der Waals surface area contributed by atoms with Crippen LogP contribution in [0.3, 0.4) is 0 Å². The smallest absolute Gasteiger partial charge is 0.265 e. The van der Waals surface area contributed by atoms with E-state index in [4.69, 9.17) is 0 Å². The zero-order valence-corrected chi connectivity index (χ0v) is 8.22. The van der Waals surface area contributed by atoms with Gasteiger partial charge >= 0.3 is 5.76 Å². The number of nitrogens with zero attached hydrogens (tertiary/aromatic N) is 2. The number of aromatic nitrogens is 2. The van der Waals surface area contributed by atoms with Crippen molar-refractivity contribution in [2.75, 3.05) is 0 Å². The lowest BCUT2D eigenvalue weighted by Gasteiger charge is -1.98. The normalized spacial score (nSPS) is 20.9. The zero-order chi connectivity index (χ0) is 11.2. The molecule has 2 rings (SSSR count). The van der Waals surface area contributed by atoms with Gasteiger partial charge in [-0.1, -0.05) is 0 Å². The van der Waals surface area contributed by atoms with Gasteiger partial charge in [-0.05, 0) is 0 Å². The molecule has 0 unspecified atom stereocenters. The van der Waals surface area contributed by atoms with Crippen molar-refractivity contribution < 1.29 is 21.6 Å². The molecule has 1 aliphatic rings. The highest BCUT2D eigenvalue weighted by atomic mass is 32.2. The second-order valence-electron chi connectivity index (χ2n) is 3.19. The Bertz CT molecular complexity index is 482. The number of sulfone groups is 1. The van der Waals surface area contributed by atoms with E-state index in [0.717, 1.165) is 10.7 Å². The molecular formula is C7H7F3N2O2S. The van der Waals surface area contributed by atoms with Gasteiger partial charge in [-0.15, -0.1) is 0 Å². The van der Waals surface area contributed by atoms with Gasteiger partial charge in [0.1, 0.15) is 6.17 Å². The predicted molar refractivity (Wildman–Crippen MR) is 43.9 cm³/mol. The number of rotatable bonds is 2. The summed E-state index contributed by atoms with van der Waals surface area (Å²) >= 11 is 0. The van der Waals surface area contributed by atoms with E-state index >= 15 is 0 Å². The summed E-state index contributed by atoms with van der Waals surface area (Å²) in [7, 11) is -4.71. The molecule has 0 radical (unpaired) electrons. The number of halogens is 3. The Morgan fingerprint density at radius 1 is 1.53 bits per heavy atom. The Morgan fingerprint density at radius 2 is 2.20 bits per heavy atom. The van der Waals surface area contributed by atoms with Crippen LogP contribution in [0.15, 0.2) is 11.1 Å². The van der Waals surface area contributed by atoms with Crippen molar-refractivity contribution in [1.29, 1.82) is 0 Å². The van der Waals surface area contributed by atoms with Gasteiger partial charge in [-0.2, -0.15) is 13.9 Å². The van der Waals surface area contributed by atoms with Crippen LogP contribution in [0.4, 0.5) is 13.2 Å². The molecule has 8 heteroatoms. The van der Waals surface area contributed by atoms with E-state index in [1.54, 1.807) is 0 Å². The van der Waals surface area contributed by atoms with Gasteiger partial charge in [0.15, 0.2) is 5.03 Å². The first-order chi connectivity index (χ1) is 6.93. The highest BCUT2D eigenvalue weighted by Gasteiger charge is 2.33. The summed E-state index contributed by atoms with van der Waals surface area (Å²) in [4.78, 5) is 0. The first-order valence-electron chi connectivity index (χ1n) is 4.17. The largest absolute Gasteiger partial charge is 0.342 e. The van der Waals surface area contributed by atoms with E-state index in [1.165, 1.54) is 0 Å². The first-order valence-corrected chi connectivity index (χ1v) is 5.71. The fraction of sp³-hybridized carbons (Fsp3) is 0.571. The SMILES string of the molecule is O=S(=O)(c1cc2n(n1)CC[C@H]2F)C(F)F. The Labute approximate surface area is 83.6 Å². The number of fused-ring (bicyclic) bond motifs is 1. The minimum atomic E-state index is -4.71. The number of aryl methyl sites for hydroxylation is 1. The number of hydrogen-bond donors (Lipinski definition) is 0. The van der Waals surface area contributed by atoms with Gasteiger partial charge in [0, 0.05) is 19.0 Å². The molecular weight excluding hydrogens is 233 g/mol. The fourth-order valence-electron chi connectivity index (χ4n) is 1.45. The van der Waals surface area contributed by atoms with Crippen molar-refractivity contribution in [1.82, 2.24) is 9.78 Å². The quantitative estimate of drug-likeness (QED) is 0.782. The first kappa shape index (κ1) is 10.5. The zero-order valence-electron chi connectivity index (χ0n) is 7.40. The van der Waals surface area contributed by atoms with E-state index in [9.17, 15) is 21.6 Å². The maximum Gasteiger partial charge on any atom is 0.342 e. The number of alkyl halides is 3. The molecule has 4 nitrogen and oxygen atoms in total.